The molecule has 1 amide bonds. The molecule has 3 rings (SSSR count). The average molecular weight is 448 g/mol. The van der Waals surface area contributed by atoms with Crippen molar-refractivity contribution in [2.45, 2.75) is 13.1 Å². The maximum absolute atomic E-state index is 11.4. The number of hydrogen-bond acceptors (Lipinski definition) is 4. The van der Waals surface area contributed by atoms with Gasteiger partial charge in [0.1, 0.15) is 0 Å². The second-order valence-corrected chi connectivity index (χ2v) is 6.35. The molecule has 3 N–H and O–H groups in total. The van der Waals surface area contributed by atoms with Gasteiger partial charge >= 0.3 is 0 Å². The van der Waals surface area contributed by atoms with Crippen molar-refractivity contribution in [3.8, 4) is 0 Å². The van der Waals surface area contributed by atoms with E-state index >= 15 is 0 Å². The summed E-state index contributed by atoms with van der Waals surface area (Å²) in [4.78, 5) is 16.3. The lowest BCUT2D eigenvalue weighted by atomic mass is 10.1. The molecule has 0 spiro atoms. The second-order valence-electron chi connectivity index (χ2n) is 6.35. The van der Waals surface area contributed by atoms with Gasteiger partial charge in [-0.3, -0.25) is 9.69 Å². The number of para-hydroxylation sites is 1. The third-order valence-corrected chi connectivity index (χ3v) is 4.67. The lowest BCUT2D eigenvalue weighted by molar-refractivity contribution is -0.119. The van der Waals surface area contributed by atoms with E-state index < -0.39 is 0 Å². The number of benzene rings is 2. The fourth-order valence-corrected chi connectivity index (χ4v) is 3.19. The average Bonchev–Trinajstić information content (AvgIpc) is 2.68. The Morgan fingerprint density at radius 3 is 2.04 bits per heavy atom. The minimum atomic E-state index is -0.119. The van der Waals surface area contributed by atoms with Crippen LogP contribution in [-0.2, 0) is 17.9 Å². The lowest BCUT2D eigenvalue weighted by Crippen LogP contribution is -2.46. The number of halogens is 3. The molecule has 1 aliphatic rings. The Morgan fingerprint density at radius 2 is 1.43 bits per heavy atom. The van der Waals surface area contributed by atoms with E-state index in [0.29, 0.717) is 6.54 Å². The van der Waals surface area contributed by atoms with E-state index in [0.717, 1.165) is 38.3 Å². The van der Waals surface area contributed by atoms with Crippen molar-refractivity contribution < 1.29 is 4.79 Å². The lowest BCUT2D eigenvalue weighted by Gasteiger charge is -2.36. The summed E-state index contributed by atoms with van der Waals surface area (Å²) < 4.78 is 0. The molecule has 0 saturated carbocycles. The number of carbonyl (C=O) groups is 1. The van der Waals surface area contributed by atoms with E-state index in [4.69, 9.17) is 5.73 Å². The minimum Gasteiger partial charge on any atom is -0.369 e. The van der Waals surface area contributed by atoms with Crippen LogP contribution in [0.5, 0.6) is 0 Å². The number of nitrogens with two attached hydrogens (primary N) is 1. The van der Waals surface area contributed by atoms with Crippen molar-refractivity contribution >= 4 is 48.8 Å². The van der Waals surface area contributed by atoms with Crippen molar-refractivity contribution in [2.24, 2.45) is 5.73 Å². The third kappa shape index (κ3) is 7.49. The van der Waals surface area contributed by atoms with E-state index in [-0.39, 0.29) is 49.7 Å². The Hall–Kier alpha value is -1.50. The van der Waals surface area contributed by atoms with Gasteiger partial charge in [0.05, 0.1) is 6.54 Å². The van der Waals surface area contributed by atoms with E-state index in [1.807, 2.05) is 6.07 Å². The van der Waals surface area contributed by atoms with Gasteiger partial charge in [-0.1, -0.05) is 42.5 Å². The fraction of sp³-hybridized carbons (Fsp3) is 0.350. The van der Waals surface area contributed by atoms with E-state index in [2.05, 4.69) is 63.6 Å². The van der Waals surface area contributed by atoms with Crippen LogP contribution in [-0.4, -0.2) is 43.5 Å². The smallest absolute Gasteiger partial charge is 0.234 e. The predicted octanol–water partition coefficient (Wildman–Crippen LogP) is 2.85. The zero-order chi connectivity index (χ0) is 17.5. The molecule has 0 bridgehead atoms. The van der Waals surface area contributed by atoms with Gasteiger partial charge in [0.15, 0.2) is 0 Å². The molecule has 1 heterocycles. The highest BCUT2D eigenvalue weighted by Gasteiger charge is 2.18. The molecule has 5 nitrogen and oxygen atoms in total. The molecule has 0 radical (unpaired) electrons. The quantitative estimate of drug-likeness (QED) is 0.715. The minimum absolute atomic E-state index is 0. The maximum atomic E-state index is 11.4. The van der Waals surface area contributed by atoms with Crippen LogP contribution in [0.3, 0.4) is 0 Å². The third-order valence-electron chi connectivity index (χ3n) is 4.67. The van der Waals surface area contributed by atoms with Crippen LogP contribution in [0.15, 0.2) is 54.6 Å². The van der Waals surface area contributed by atoms with Crippen molar-refractivity contribution in [3.05, 3.63) is 65.7 Å². The van der Waals surface area contributed by atoms with Gasteiger partial charge < -0.3 is 16.0 Å². The Kier molecular flexibility index (Phi) is 12.9. The number of piperazine rings is 1. The first-order valence-corrected chi connectivity index (χ1v) is 8.82. The van der Waals surface area contributed by atoms with E-state index in [1.54, 1.807) is 0 Å². The zero-order valence-electron chi connectivity index (χ0n) is 15.8. The molecule has 156 valence electrons. The summed E-state index contributed by atoms with van der Waals surface area (Å²) in [5.74, 6) is -0.119. The summed E-state index contributed by atoms with van der Waals surface area (Å²) in [6.07, 6.45) is 0. The van der Waals surface area contributed by atoms with Crippen LogP contribution in [0.25, 0.3) is 0 Å². The molecule has 28 heavy (non-hydrogen) atoms. The normalized spacial score (nSPS) is 13.5. The van der Waals surface area contributed by atoms with Crippen LogP contribution in [0.2, 0.25) is 0 Å². The summed E-state index contributed by atoms with van der Waals surface area (Å²) in [7, 11) is 0. The summed E-state index contributed by atoms with van der Waals surface area (Å²) in [5, 5.41) is 2.86. The molecule has 0 atom stereocenters. The number of carbonyl (C=O) groups excluding carboxylic acids is 1. The number of nitrogens with zero attached hydrogens (tertiary/aromatic N) is 2. The van der Waals surface area contributed by atoms with Crippen molar-refractivity contribution in [1.82, 2.24) is 10.2 Å². The van der Waals surface area contributed by atoms with Gasteiger partial charge in [-0.15, -0.1) is 37.2 Å². The highest BCUT2D eigenvalue weighted by Crippen LogP contribution is 2.18. The molecular formula is C20H29Cl3N4O. The molecule has 1 saturated heterocycles. The highest BCUT2D eigenvalue weighted by molar-refractivity contribution is 5.86. The van der Waals surface area contributed by atoms with Crippen molar-refractivity contribution in [1.29, 1.82) is 0 Å². The largest absolute Gasteiger partial charge is 0.369 e. The Labute approximate surface area is 185 Å². The molecule has 2 aromatic rings. The highest BCUT2D eigenvalue weighted by atomic mass is 35.5. The Bertz CT molecular complexity index is 695. The molecule has 0 aromatic heterocycles. The molecular weight excluding hydrogens is 419 g/mol. The Morgan fingerprint density at radius 1 is 0.857 bits per heavy atom. The number of hydrogen-bond donors (Lipinski definition) is 2. The van der Waals surface area contributed by atoms with Gasteiger partial charge in [-0.25, -0.2) is 0 Å². The first-order valence-electron chi connectivity index (χ1n) is 8.82. The monoisotopic (exact) mass is 446 g/mol. The van der Waals surface area contributed by atoms with Gasteiger partial charge in [-0.05, 0) is 23.3 Å². The summed E-state index contributed by atoms with van der Waals surface area (Å²) in [6, 6.07) is 18.9. The van der Waals surface area contributed by atoms with Gasteiger partial charge in [0, 0.05) is 45.0 Å². The van der Waals surface area contributed by atoms with Crippen molar-refractivity contribution in [2.75, 3.05) is 37.6 Å². The first-order chi connectivity index (χ1) is 12.3. The number of anilines is 1. The second kappa shape index (κ2) is 13.6. The SMILES string of the molecule is Cl.Cl.Cl.NCC(=O)NCc1ccccc1CN1CCN(c2ccccc2)CC1. The molecule has 1 aliphatic heterocycles. The van der Waals surface area contributed by atoms with Gasteiger partial charge in [0.2, 0.25) is 5.91 Å². The van der Waals surface area contributed by atoms with E-state index in [9.17, 15) is 4.79 Å². The van der Waals surface area contributed by atoms with Crippen LogP contribution in [0, 0.1) is 0 Å². The molecule has 2 aromatic carbocycles. The number of rotatable bonds is 6. The van der Waals surface area contributed by atoms with Crippen LogP contribution in [0.1, 0.15) is 11.1 Å². The molecule has 8 heteroatoms. The standard InChI is InChI=1S/C20H26N4O.3ClH/c21-14-20(25)22-15-17-6-4-5-7-18(17)16-23-10-12-24(13-11-23)19-8-2-1-3-9-19;;;/h1-9H,10-16,21H2,(H,22,25);3*1H. The summed E-state index contributed by atoms with van der Waals surface area (Å²) >= 11 is 0. The van der Waals surface area contributed by atoms with Gasteiger partial charge in [0.25, 0.3) is 0 Å². The fourth-order valence-electron chi connectivity index (χ4n) is 3.19. The van der Waals surface area contributed by atoms with Gasteiger partial charge in [-0.2, -0.15) is 0 Å². The maximum Gasteiger partial charge on any atom is 0.234 e. The number of amides is 1. The Balaban J connectivity index is 0.00000243. The zero-order valence-corrected chi connectivity index (χ0v) is 18.2. The van der Waals surface area contributed by atoms with Crippen LogP contribution >= 0.6 is 37.2 Å². The summed E-state index contributed by atoms with van der Waals surface area (Å²) in [5.41, 5.74) is 9.09. The summed E-state index contributed by atoms with van der Waals surface area (Å²) in [6.45, 7) is 5.64. The topological polar surface area (TPSA) is 61.6 Å². The molecule has 0 aliphatic carbocycles. The van der Waals surface area contributed by atoms with Crippen LogP contribution < -0.4 is 16.0 Å². The predicted molar refractivity (Wildman–Crippen MR) is 123 cm³/mol. The van der Waals surface area contributed by atoms with Crippen LogP contribution in [0.4, 0.5) is 5.69 Å². The van der Waals surface area contributed by atoms with E-state index in [1.165, 1.54) is 11.3 Å². The molecule has 1 fully saturated rings. The molecule has 0 unspecified atom stereocenters. The first kappa shape index (κ1) is 26.5. The number of nitrogens with one attached hydrogen (secondary N) is 1. The van der Waals surface area contributed by atoms with Crippen molar-refractivity contribution in [3.63, 3.8) is 0 Å².